The first-order valence-corrected chi connectivity index (χ1v) is 8.89. The van der Waals surface area contributed by atoms with Crippen molar-refractivity contribution in [3.8, 4) is 0 Å². The minimum atomic E-state index is -0.611. The average Bonchev–Trinajstić information content (AvgIpc) is 3.11. The lowest BCUT2D eigenvalue weighted by atomic mass is 9.81. The number of hydrogen-bond acceptors (Lipinski definition) is 5. The Morgan fingerprint density at radius 2 is 1.83 bits per heavy atom. The Labute approximate surface area is 143 Å². The normalized spacial score (nSPS) is 23.2. The molecule has 0 radical (unpaired) electrons. The van der Waals surface area contributed by atoms with Crippen LogP contribution in [0.2, 0.25) is 0 Å². The standard InChI is InChI=1S/C16H19N3O4S/c17-13(21)11-6-8-24-14(11)18-12(20)5-7-19-15(22)9-3-1-2-4-10(9)16(19)23/h6,8-10H,1-5,7H2,(H2,17,21)(H,18,20). The molecule has 2 aliphatic rings. The number of imide groups is 1. The van der Waals surface area contributed by atoms with Gasteiger partial charge in [0.25, 0.3) is 5.91 Å². The summed E-state index contributed by atoms with van der Waals surface area (Å²) in [5.74, 6) is -1.66. The van der Waals surface area contributed by atoms with Crippen LogP contribution < -0.4 is 11.1 Å². The van der Waals surface area contributed by atoms with Gasteiger partial charge in [-0.2, -0.15) is 0 Å². The number of hydrogen-bond donors (Lipinski definition) is 2. The van der Waals surface area contributed by atoms with Crippen molar-refractivity contribution in [2.24, 2.45) is 17.6 Å². The number of amides is 4. The molecule has 2 fully saturated rings. The van der Waals surface area contributed by atoms with Gasteiger partial charge in [0, 0.05) is 13.0 Å². The van der Waals surface area contributed by atoms with E-state index in [2.05, 4.69) is 5.32 Å². The maximum Gasteiger partial charge on any atom is 0.251 e. The second kappa shape index (κ2) is 6.72. The fourth-order valence-electron chi connectivity index (χ4n) is 3.45. The topological polar surface area (TPSA) is 110 Å². The van der Waals surface area contributed by atoms with Crippen LogP contribution in [0.1, 0.15) is 42.5 Å². The predicted molar refractivity (Wildman–Crippen MR) is 88.3 cm³/mol. The number of rotatable bonds is 5. The third-order valence-electron chi connectivity index (χ3n) is 4.68. The molecule has 2 unspecified atom stereocenters. The van der Waals surface area contributed by atoms with Gasteiger partial charge < -0.3 is 11.1 Å². The third-order valence-corrected chi connectivity index (χ3v) is 5.51. The Hall–Kier alpha value is -2.22. The largest absolute Gasteiger partial charge is 0.366 e. The Bertz CT molecular complexity index is 675. The molecule has 128 valence electrons. The van der Waals surface area contributed by atoms with Crippen molar-refractivity contribution in [2.75, 3.05) is 11.9 Å². The van der Waals surface area contributed by atoms with Gasteiger partial charge in [-0.15, -0.1) is 11.3 Å². The summed E-state index contributed by atoms with van der Waals surface area (Å²) in [6, 6.07) is 1.54. The Morgan fingerprint density at radius 3 is 2.42 bits per heavy atom. The number of primary amides is 1. The van der Waals surface area contributed by atoms with Crippen molar-refractivity contribution in [2.45, 2.75) is 32.1 Å². The molecule has 0 spiro atoms. The lowest BCUT2D eigenvalue weighted by molar-refractivity contribution is -0.140. The molecule has 1 saturated heterocycles. The number of anilines is 1. The monoisotopic (exact) mass is 349 g/mol. The van der Waals surface area contributed by atoms with Gasteiger partial charge in [-0.1, -0.05) is 12.8 Å². The molecule has 0 aromatic carbocycles. The number of carbonyl (C=O) groups excluding carboxylic acids is 4. The minimum Gasteiger partial charge on any atom is -0.366 e. The first kappa shape index (κ1) is 16.6. The van der Waals surface area contributed by atoms with E-state index in [4.69, 9.17) is 5.73 Å². The number of nitrogens with one attached hydrogen (secondary N) is 1. The molecule has 1 aliphatic carbocycles. The van der Waals surface area contributed by atoms with Crippen molar-refractivity contribution in [3.63, 3.8) is 0 Å². The minimum absolute atomic E-state index is 0.00697. The van der Waals surface area contributed by atoms with Gasteiger partial charge in [0.15, 0.2) is 0 Å². The summed E-state index contributed by atoms with van der Waals surface area (Å²) in [5.41, 5.74) is 5.49. The zero-order valence-corrected chi connectivity index (χ0v) is 13.9. The molecule has 2 heterocycles. The van der Waals surface area contributed by atoms with E-state index in [-0.39, 0.29) is 48.1 Å². The second-order valence-corrected chi connectivity index (χ2v) is 7.07. The lowest BCUT2D eigenvalue weighted by Crippen LogP contribution is -2.34. The quantitative estimate of drug-likeness (QED) is 0.782. The van der Waals surface area contributed by atoms with Crippen molar-refractivity contribution < 1.29 is 19.2 Å². The first-order chi connectivity index (χ1) is 11.5. The van der Waals surface area contributed by atoms with E-state index in [1.807, 2.05) is 0 Å². The Kier molecular flexibility index (Phi) is 4.66. The number of carbonyl (C=O) groups is 4. The number of likely N-dealkylation sites (tertiary alicyclic amines) is 1. The molecule has 1 saturated carbocycles. The van der Waals surface area contributed by atoms with Crippen LogP contribution in [-0.2, 0) is 14.4 Å². The van der Waals surface area contributed by atoms with Gasteiger partial charge in [-0.3, -0.25) is 24.1 Å². The van der Waals surface area contributed by atoms with Gasteiger partial charge in [0.1, 0.15) is 5.00 Å². The first-order valence-electron chi connectivity index (χ1n) is 8.01. The number of fused-ring (bicyclic) bond motifs is 1. The van der Waals surface area contributed by atoms with Crippen LogP contribution >= 0.6 is 11.3 Å². The van der Waals surface area contributed by atoms with Crippen LogP contribution in [0, 0.1) is 11.8 Å². The molecule has 1 aromatic heterocycles. The van der Waals surface area contributed by atoms with E-state index in [9.17, 15) is 19.2 Å². The molecule has 1 aliphatic heterocycles. The molecule has 0 bridgehead atoms. The van der Waals surface area contributed by atoms with E-state index in [1.54, 1.807) is 11.4 Å². The van der Waals surface area contributed by atoms with Crippen molar-refractivity contribution in [1.29, 1.82) is 0 Å². The number of thiophene rings is 1. The number of nitrogens with two attached hydrogens (primary N) is 1. The fourth-order valence-corrected chi connectivity index (χ4v) is 4.26. The van der Waals surface area contributed by atoms with E-state index in [0.29, 0.717) is 5.00 Å². The lowest BCUT2D eigenvalue weighted by Gasteiger charge is -2.19. The van der Waals surface area contributed by atoms with E-state index >= 15 is 0 Å². The fraction of sp³-hybridized carbons (Fsp3) is 0.500. The summed E-state index contributed by atoms with van der Waals surface area (Å²) in [5, 5.41) is 4.67. The molecule has 24 heavy (non-hydrogen) atoms. The third kappa shape index (κ3) is 3.06. The van der Waals surface area contributed by atoms with Gasteiger partial charge in [0.2, 0.25) is 17.7 Å². The molecular weight excluding hydrogens is 330 g/mol. The highest BCUT2D eigenvalue weighted by Crippen LogP contribution is 2.38. The SMILES string of the molecule is NC(=O)c1ccsc1NC(=O)CCN1C(=O)C2CCCCC2C1=O. The van der Waals surface area contributed by atoms with E-state index in [0.717, 1.165) is 25.7 Å². The summed E-state index contributed by atoms with van der Waals surface area (Å²) >= 11 is 1.20. The van der Waals surface area contributed by atoms with Crippen LogP contribution in [0.4, 0.5) is 5.00 Å². The van der Waals surface area contributed by atoms with Crippen LogP contribution in [-0.4, -0.2) is 35.1 Å². The molecule has 1 aromatic rings. The maximum atomic E-state index is 12.3. The van der Waals surface area contributed by atoms with Gasteiger partial charge >= 0.3 is 0 Å². The molecule has 2 atom stereocenters. The van der Waals surface area contributed by atoms with E-state index < -0.39 is 5.91 Å². The highest BCUT2D eigenvalue weighted by atomic mass is 32.1. The van der Waals surface area contributed by atoms with E-state index in [1.165, 1.54) is 16.2 Å². The molecule has 3 rings (SSSR count). The zero-order chi connectivity index (χ0) is 17.3. The highest BCUT2D eigenvalue weighted by Gasteiger charge is 2.47. The second-order valence-electron chi connectivity index (χ2n) is 6.15. The van der Waals surface area contributed by atoms with Crippen LogP contribution in [0.15, 0.2) is 11.4 Å². The smallest absolute Gasteiger partial charge is 0.251 e. The highest BCUT2D eigenvalue weighted by molar-refractivity contribution is 7.14. The van der Waals surface area contributed by atoms with Gasteiger partial charge in [0.05, 0.1) is 17.4 Å². The summed E-state index contributed by atoms with van der Waals surface area (Å²) < 4.78 is 0. The average molecular weight is 349 g/mol. The molecular formula is C16H19N3O4S. The van der Waals surface area contributed by atoms with Crippen LogP contribution in [0.25, 0.3) is 0 Å². The van der Waals surface area contributed by atoms with Crippen LogP contribution in [0.3, 0.4) is 0 Å². The van der Waals surface area contributed by atoms with Crippen molar-refractivity contribution in [1.82, 2.24) is 4.90 Å². The summed E-state index contributed by atoms with van der Waals surface area (Å²) in [6.07, 6.45) is 3.47. The molecule has 7 nitrogen and oxygen atoms in total. The summed E-state index contributed by atoms with van der Waals surface area (Å²) in [6.45, 7) is 0.0772. The maximum absolute atomic E-state index is 12.3. The number of nitrogens with zero attached hydrogens (tertiary/aromatic N) is 1. The molecule has 3 N–H and O–H groups in total. The summed E-state index contributed by atoms with van der Waals surface area (Å²) in [7, 11) is 0. The van der Waals surface area contributed by atoms with Crippen molar-refractivity contribution >= 4 is 40.0 Å². The Balaban J connectivity index is 1.58. The van der Waals surface area contributed by atoms with Gasteiger partial charge in [-0.25, -0.2) is 0 Å². The molecule has 8 heteroatoms. The van der Waals surface area contributed by atoms with Crippen LogP contribution in [0.5, 0.6) is 0 Å². The molecule has 4 amide bonds. The predicted octanol–water partition coefficient (Wildman–Crippen LogP) is 1.35. The van der Waals surface area contributed by atoms with Gasteiger partial charge in [-0.05, 0) is 24.3 Å². The van der Waals surface area contributed by atoms with Crippen molar-refractivity contribution in [3.05, 3.63) is 17.0 Å². The zero-order valence-electron chi connectivity index (χ0n) is 13.1. The summed E-state index contributed by atoms with van der Waals surface area (Å²) in [4.78, 5) is 49.2. The Morgan fingerprint density at radius 1 is 1.21 bits per heavy atom.